The van der Waals surface area contributed by atoms with Gasteiger partial charge in [0.2, 0.25) is 0 Å². The van der Waals surface area contributed by atoms with Gasteiger partial charge >= 0.3 is 0 Å². The Morgan fingerprint density at radius 1 is 1.45 bits per heavy atom. The van der Waals surface area contributed by atoms with Crippen molar-refractivity contribution < 1.29 is 4.74 Å². The van der Waals surface area contributed by atoms with Crippen LogP contribution in [0, 0.1) is 5.41 Å². The van der Waals surface area contributed by atoms with Crippen molar-refractivity contribution in [3.8, 4) is 0 Å². The minimum Gasteiger partial charge on any atom is -0.374 e. The van der Waals surface area contributed by atoms with Crippen LogP contribution in [0.2, 0.25) is 0 Å². The number of hydrogen-bond acceptors (Lipinski definition) is 1. The quantitative estimate of drug-likeness (QED) is 0.485. The van der Waals surface area contributed by atoms with Crippen molar-refractivity contribution in [2.45, 2.75) is 38.7 Å². The molecular weight excluding hydrogens is 136 g/mol. The number of rotatable bonds is 0. The number of ether oxygens (including phenoxy) is 1. The molecule has 1 saturated heterocycles. The van der Waals surface area contributed by atoms with E-state index in [0.29, 0.717) is 11.5 Å². The molecule has 2 aliphatic heterocycles. The summed E-state index contributed by atoms with van der Waals surface area (Å²) in [7, 11) is 0. The maximum atomic E-state index is 5.70. The Bertz CT molecular complexity index is 164. The van der Waals surface area contributed by atoms with Crippen LogP contribution < -0.4 is 0 Å². The summed E-state index contributed by atoms with van der Waals surface area (Å²) >= 11 is 0. The van der Waals surface area contributed by atoms with Gasteiger partial charge in [-0.2, -0.15) is 0 Å². The molecule has 3 rings (SSSR count). The Morgan fingerprint density at radius 3 is 3.09 bits per heavy atom. The molecule has 0 aromatic heterocycles. The van der Waals surface area contributed by atoms with E-state index < -0.39 is 0 Å². The maximum Gasteiger partial charge on any atom is 0.0756 e. The van der Waals surface area contributed by atoms with Gasteiger partial charge in [0.25, 0.3) is 0 Å². The van der Waals surface area contributed by atoms with Crippen LogP contribution in [0.25, 0.3) is 0 Å². The average molecular weight is 152 g/mol. The van der Waals surface area contributed by atoms with Crippen LogP contribution >= 0.6 is 0 Å². The van der Waals surface area contributed by atoms with E-state index in [1.54, 1.807) is 0 Å². The van der Waals surface area contributed by atoms with Gasteiger partial charge in [0.05, 0.1) is 12.7 Å². The SMILES string of the molecule is C[C@]12CC/C=C\[C@H](CC1)OC2. The van der Waals surface area contributed by atoms with Crippen LogP contribution in [0.1, 0.15) is 32.6 Å². The summed E-state index contributed by atoms with van der Waals surface area (Å²) in [6.07, 6.45) is 10.1. The van der Waals surface area contributed by atoms with Crippen molar-refractivity contribution in [3.63, 3.8) is 0 Å². The average Bonchev–Trinajstić information content (AvgIpc) is 1.96. The van der Waals surface area contributed by atoms with Crippen molar-refractivity contribution in [1.82, 2.24) is 0 Å². The minimum atomic E-state index is 0.434. The predicted molar refractivity (Wildman–Crippen MR) is 45.5 cm³/mol. The van der Waals surface area contributed by atoms with Crippen molar-refractivity contribution in [2.75, 3.05) is 6.61 Å². The topological polar surface area (TPSA) is 9.23 Å². The highest BCUT2D eigenvalue weighted by atomic mass is 16.5. The van der Waals surface area contributed by atoms with Crippen LogP contribution in [-0.4, -0.2) is 12.7 Å². The largest absolute Gasteiger partial charge is 0.374 e. The van der Waals surface area contributed by atoms with Crippen LogP contribution in [0.4, 0.5) is 0 Å². The molecule has 0 amide bonds. The monoisotopic (exact) mass is 152 g/mol. The Balaban J connectivity index is 2.14. The summed E-state index contributed by atoms with van der Waals surface area (Å²) in [6, 6.07) is 0. The molecule has 1 aliphatic carbocycles. The molecule has 1 nitrogen and oxygen atoms in total. The molecule has 2 atom stereocenters. The van der Waals surface area contributed by atoms with Gasteiger partial charge in [-0.3, -0.25) is 0 Å². The molecule has 0 radical (unpaired) electrons. The van der Waals surface area contributed by atoms with E-state index in [1.165, 1.54) is 25.7 Å². The van der Waals surface area contributed by atoms with Gasteiger partial charge in [-0.05, 0) is 31.1 Å². The van der Waals surface area contributed by atoms with Gasteiger partial charge in [-0.1, -0.05) is 19.1 Å². The summed E-state index contributed by atoms with van der Waals surface area (Å²) < 4.78 is 5.70. The van der Waals surface area contributed by atoms with Crippen molar-refractivity contribution in [2.24, 2.45) is 5.41 Å². The third-order valence-electron chi connectivity index (χ3n) is 2.94. The highest BCUT2D eigenvalue weighted by Crippen LogP contribution is 2.37. The van der Waals surface area contributed by atoms with E-state index in [-0.39, 0.29) is 0 Å². The lowest BCUT2D eigenvalue weighted by molar-refractivity contribution is -0.0400. The van der Waals surface area contributed by atoms with Crippen molar-refractivity contribution >= 4 is 0 Å². The highest BCUT2D eigenvalue weighted by Gasteiger charge is 2.31. The molecule has 1 fully saturated rings. The summed E-state index contributed by atoms with van der Waals surface area (Å²) in [5, 5.41) is 0. The van der Waals surface area contributed by atoms with Gasteiger partial charge in [-0.25, -0.2) is 0 Å². The van der Waals surface area contributed by atoms with Gasteiger partial charge in [0, 0.05) is 0 Å². The van der Waals surface area contributed by atoms with E-state index >= 15 is 0 Å². The molecular formula is C10H16O. The Kier molecular flexibility index (Phi) is 1.76. The van der Waals surface area contributed by atoms with Gasteiger partial charge in [-0.15, -0.1) is 0 Å². The zero-order valence-electron chi connectivity index (χ0n) is 7.18. The van der Waals surface area contributed by atoms with E-state index in [9.17, 15) is 0 Å². The Hall–Kier alpha value is -0.300. The predicted octanol–water partition coefficient (Wildman–Crippen LogP) is 2.52. The first-order valence-electron chi connectivity index (χ1n) is 4.57. The van der Waals surface area contributed by atoms with Gasteiger partial charge in [0.1, 0.15) is 0 Å². The molecule has 0 aromatic carbocycles. The van der Waals surface area contributed by atoms with Crippen LogP contribution in [0.15, 0.2) is 12.2 Å². The molecule has 0 spiro atoms. The third-order valence-corrected chi connectivity index (χ3v) is 2.94. The van der Waals surface area contributed by atoms with E-state index in [2.05, 4.69) is 19.1 Å². The second-order valence-electron chi connectivity index (χ2n) is 4.17. The first-order chi connectivity index (χ1) is 5.29. The lowest BCUT2D eigenvalue weighted by Crippen LogP contribution is -2.34. The maximum absolute atomic E-state index is 5.70. The Morgan fingerprint density at radius 2 is 2.36 bits per heavy atom. The molecule has 3 aliphatic rings. The van der Waals surface area contributed by atoms with E-state index in [4.69, 9.17) is 4.74 Å². The van der Waals surface area contributed by atoms with Crippen LogP contribution in [0.3, 0.4) is 0 Å². The van der Waals surface area contributed by atoms with Crippen LogP contribution in [-0.2, 0) is 4.74 Å². The third kappa shape index (κ3) is 1.48. The number of fused-ring (bicyclic) bond motifs is 4. The smallest absolute Gasteiger partial charge is 0.0756 e. The van der Waals surface area contributed by atoms with Crippen molar-refractivity contribution in [3.05, 3.63) is 12.2 Å². The zero-order valence-corrected chi connectivity index (χ0v) is 7.18. The summed E-state index contributed by atoms with van der Waals surface area (Å²) in [5.74, 6) is 0. The summed E-state index contributed by atoms with van der Waals surface area (Å²) in [6.45, 7) is 3.32. The summed E-state index contributed by atoms with van der Waals surface area (Å²) in [5.41, 5.74) is 0.487. The minimum absolute atomic E-state index is 0.434. The molecule has 0 aromatic rings. The second kappa shape index (κ2) is 2.63. The van der Waals surface area contributed by atoms with Crippen molar-refractivity contribution in [1.29, 1.82) is 0 Å². The highest BCUT2D eigenvalue weighted by molar-refractivity contribution is 4.97. The lowest BCUT2D eigenvalue weighted by atomic mass is 9.78. The molecule has 0 N–H and O–H groups in total. The zero-order chi connectivity index (χ0) is 7.73. The lowest BCUT2D eigenvalue weighted by Gasteiger charge is -2.38. The fourth-order valence-electron chi connectivity index (χ4n) is 1.98. The van der Waals surface area contributed by atoms with Gasteiger partial charge < -0.3 is 4.74 Å². The molecule has 2 bridgehead atoms. The summed E-state index contributed by atoms with van der Waals surface area (Å²) in [4.78, 5) is 0. The molecule has 62 valence electrons. The molecule has 0 unspecified atom stereocenters. The molecule has 2 heterocycles. The van der Waals surface area contributed by atoms with Gasteiger partial charge in [0.15, 0.2) is 0 Å². The first-order valence-corrected chi connectivity index (χ1v) is 4.57. The Labute approximate surface area is 68.4 Å². The first kappa shape index (κ1) is 7.35. The number of hydrogen-bond donors (Lipinski definition) is 0. The van der Waals surface area contributed by atoms with Crippen LogP contribution in [0.5, 0.6) is 0 Å². The number of allylic oxidation sites excluding steroid dienone is 1. The molecule has 1 heteroatoms. The molecule has 0 saturated carbocycles. The fourth-order valence-corrected chi connectivity index (χ4v) is 1.98. The molecule has 11 heavy (non-hydrogen) atoms. The van der Waals surface area contributed by atoms with E-state index in [0.717, 1.165) is 6.61 Å². The fraction of sp³-hybridized carbons (Fsp3) is 0.800. The standard InChI is InChI=1S/C10H16O/c1-10-6-3-2-4-9(5-7-10)11-8-10/h2,4,9H,3,5-8H2,1H3/b4-2-/t9-,10+/m1/s1. The second-order valence-corrected chi connectivity index (χ2v) is 4.17. The normalized spacial score (nSPS) is 46.5. The van der Waals surface area contributed by atoms with E-state index in [1.807, 2.05) is 0 Å².